The number of carbonyl (C=O) groups excluding carboxylic acids is 1. The topological polar surface area (TPSA) is 26.8 Å². The Kier molecular flexibility index (Phi) is 5.55. The lowest BCUT2D eigenvalue weighted by atomic mass is 9.85. The van der Waals surface area contributed by atoms with Gasteiger partial charge in [-0.1, -0.05) is 48.9 Å². The van der Waals surface area contributed by atoms with E-state index >= 15 is 0 Å². The molecule has 0 unspecified atom stereocenters. The van der Waals surface area contributed by atoms with E-state index in [2.05, 4.69) is 69.3 Å². The molecule has 0 N–H and O–H groups in total. The highest BCUT2D eigenvalue weighted by Gasteiger charge is 2.33. The molecule has 2 fully saturated rings. The maximum atomic E-state index is 13.2. The van der Waals surface area contributed by atoms with Crippen LogP contribution in [0.4, 0.5) is 11.4 Å². The van der Waals surface area contributed by atoms with Crippen LogP contribution >= 0.6 is 0 Å². The van der Waals surface area contributed by atoms with Crippen LogP contribution in [0, 0.1) is 5.92 Å². The number of hydrogen-bond acceptors (Lipinski definition) is 3. The SMILES string of the molecule is O=C1c2cccc3c(N4CCCN(CCc5ccccc5)CC4)ccc(c23)N1CC1CCC1. The zero-order valence-corrected chi connectivity index (χ0v) is 19.4. The summed E-state index contributed by atoms with van der Waals surface area (Å²) in [5.41, 5.74) is 4.73. The summed E-state index contributed by atoms with van der Waals surface area (Å²) in [5.74, 6) is 0.869. The molecule has 4 nitrogen and oxygen atoms in total. The van der Waals surface area contributed by atoms with Gasteiger partial charge in [0.1, 0.15) is 0 Å². The van der Waals surface area contributed by atoms with Gasteiger partial charge in [0.2, 0.25) is 0 Å². The molecular weight excluding hydrogens is 406 g/mol. The van der Waals surface area contributed by atoms with Crippen LogP contribution in [0.15, 0.2) is 60.7 Å². The summed E-state index contributed by atoms with van der Waals surface area (Å²) in [6.45, 7) is 6.34. The second-order valence-electron chi connectivity index (χ2n) is 9.96. The van der Waals surface area contributed by atoms with E-state index in [9.17, 15) is 4.79 Å². The number of amides is 1. The molecule has 1 saturated heterocycles. The predicted molar refractivity (Wildman–Crippen MR) is 136 cm³/mol. The molecule has 1 amide bonds. The smallest absolute Gasteiger partial charge is 0.259 e. The van der Waals surface area contributed by atoms with Crippen molar-refractivity contribution in [1.82, 2.24) is 4.90 Å². The molecule has 1 aliphatic carbocycles. The third-order valence-electron chi connectivity index (χ3n) is 7.92. The molecule has 33 heavy (non-hydrogen) atoms. The lowest BCUT2D eigenvalue weighted by Gasteiger charge is -2.31. The van der Waals surface area contributed by atoms with E-state index in [-0.39, 0.29) is 5.91 Å². The van der Waals surface area contributed by atoms with Gasteiger partial charge in [-0.15, -0.1) is 0 Å². The fourth-order valence-corrected chi connectivity index (χ4v) is 5.79. The van der Waals surface area contributed by atoms with Gasteiger partial charge in [-0.3, -0.25) is 4.79 Å². The lowest BCUT2D eigenvalue weighted by Crippen LogP contribution is -2.34. The third-order valence-corrected chi connectivity index (χ3v) is 7.92. The van der Waals surface area contributed by atoms with Crippen molar-refractivity contribution in [2.45, 2.75) is 32.1 Å². The fraction of sp³-hybridized carbons (Fsp3) is 0.414. The van der Waals surface area contributed by atoms with Gasteiger partial charge in [0.05, 0.1) is 5.69 Å². The summed E-state index contributed by atoms with van der Waals surface area (Å²) in [7, 11) is 0. The zero-order chi connectivity index (χ0) is 22.2. The van der Waals surface area contributed by atoms with Crippen molar-refractivity contribution in [3.63, 3.8) is 0 Å². The summed E-state index contributed by atoms with van der Waals surface area (Å²) in [5, 5.41) is 2.41. The number of carbonyl (C=O) groups is 1. The second-order valence-corrected chi connectivity index (χ2v) is 9.96. The van der Waals surface area contributed by atoms with Crippen LogP contribution < -0.4 is 9.80 Å². The van der Waals surface area contributed by atoms with Gasteiger partial charge in [-0.25, -0.2) is 0 Å². The Morgan fingerprint density at radius 2 is 1.64 bits per heavy atom. The molecule has 3 aliphatic rings. The van der Waals surface area contributed by atoms with Gasteiger partial charge in [-0.05, 0) is 61.9 Å². The van der Waals surface area contributed by atoms with Crippen molar-refractivity contribution in [3.8, 4) is 0 Å². The van der Waals surface area contributed by atoms with Crippen LogP contribution in [0.1, 0.15) is 41.6 Å². The molecule has 6 rings (SSSR count). The van der Waals surface area contributed by atoms with E-state index in [0.29, 0.717) is 5.92 Å². The molecule has 2 heterocycles. The van der Waals surface area contributed by atoms with Crippen molar-refractivity contribution in [2.75, 3.05) is 49.1 Å². The van der Waals surface area contributed by atoms with E-state index in [4.69, 9.17) is 0 Å². The average molecular weight is 440 g/mol. The summed E-state index contributed by atoms with van der Waals surface area (Å²) in [6, 6.07) is 21.6. The third kappa shape index (κ3) is 3.91. The van der Waals surface area contributed by atoms with Crippen LogP contribution in [-0.2, 0) is 6.42 Å². The summed E-state index contributed by atoms with van der Waals surface area (Å²) < 4.78 is 0. The Labute approximate surface area is 196 Å². The number of nitrogens with zero attached hydrogens (tertiary/aromatic N) is 3. The van der Waals surface area contributed by atoms with E-state index in [0.717, 1.165) is 56.9 Å². The highest BCUT2D eigenvalue weighted by atomic mass is 16.2. The Morgan fingerprint density at radius 1 is 0.788 bits per heavy atom. The van der Waals surface area contributed by atoms with Crippen LogP contribution in [-0.4, -0.2) is 50.1 Å². The number of rotatable bonds is 6. The minimum absolute atomic E-state index is 0.197. The molecule has 0 atom stereocenters. The molecule has 0 aromatic heterocycles. The highest BCUT2D eigenvalue weighted by molar-refractivity contribution is 6.26. The Hall–Kier alpha value is -2.85. The van der Waals surface area contributed by atoms with Gasteiger partial charge in [-0.2, -0.15) is 0 Å². The molecule has 170 valence electrons. The molecule has 0 radical (unpaired) electrons. The zero-order valence-electron chi connectivity index (χ0n) is 19.4. The molecule has 0 bridgehead atoms. The van der Waals surface area contributed by atoms with E-state index in [1.54, 1.807) is 0 Å². The highest BCUT2D eigenvalue weighted by Crippen LogP contribution is 2.43. The quantitative estimate of drug-likeness (QED) is 0.518. The molecule has 1 saturated carbocycles. The number of hydrogen-bond donors (Lipinski definition) is 0. The number of anilines is 2. The first-order chi connectivity index (χ1) is 16.3. The normalized spacial score (nSPS) is 19.2. The molecule has 4 heteroatoms. The van der Waals surface area contributed by atoms with Gasteiger partial charge in [0.25, 0.3) is 5.91 Å². The van der Waals surface area contributed by atoms with Crippen molar-refractivity contribution in [3.05, 3.63) is 71.8 Å². The van der Waals surface area contributed by atoms with E-state index in [1.807, 2.05) is 6.07 Å². The first-order valence-corrected chi connectivity index (χ1v) is 12.7. The number of benzene rings is 3. The van der Waals surface area contributed by atoms with Crippen LogP contribution in [0.25, 0.3) is 10.8 Å². The van der Waals surface area contributed by atoms with Gasteiger partial charge in [0, 0.05) is 54.7 Å². The van der Waals surface area contributed by atoms with Gasteiger partial charge >= 0.3 is 0 Å². The fourth-order valence-electron chi connectivity index (χ4n) is 5.79. The molecule has 0 spiro atoms. The van der Waals surface area contributed by atoms with Gasteiger partial charge in [0.15, 0.2) is 0 Å². The summed E-state index contributed by atoms with van der Waals surface area (Å²) in [6.07, 6.45) is 6.11. The first kappa shape index (κ1) is 20.7. The Balaban J connectivity index is 1.21. The standard InChI is InChI=1S/C29H33N3O/c33-29-25-12-5-11-24-26(13-14-27(28(24)25)32(29)21-23-9-4-10-23)31-17-6-16-30(19-20-31)18-15-22-7-2-1-3-8-22/h1-3,5,7-8,11-14,23H,4,6,9-10,15-21H2. The monoisotopic (exact) mass is 439 g/mol. The lowest BCUT2D eigenvalue weighted by molar-refractivity contribution is 0.0984. The largest absolute Gasteiger partial charge is 0.370 e. The Morgan fingerprint density at radius 3 is 2.45 bits per heavy atom. The van der Waals surface area contributed by atoms with Crippen LogP contribution in [0.2, 0.25) is 0 Å². The Bertz CT molecular complexity index is 1150. The average Bonchev–Trinajstić information content (AvgIpc) is 2.96. The van der Waals surface area contributed by atoms with Crippen molar-refractivity contribution in [2.24, 2.45) is 5.92 Å². The molecule has 3 aromatic carbocycles. The van der Waals surface area contributed by atoms with Gasteiger partial charge < -0.3 is 14.7 Å². The molecule has 2 aliphatic heterocycles. The molecule has 3 aromatic rings. The van der Waals surface area contributed by atoms with Crippen LogP contribution in [0.3, 0.4) is 0 Å². The minimum atomic E-state index is 0.197. The second kappa shape index (κ2) is 8.83. The summed E-state index contributed by atoms with van der Waals surface area (Å²) >= 11 is 0. The maximum Gasteiger partial charge on any atom is 0.259 e. The van der Waals surface area contributed by atoms with Crippen LogP contribution in [0.5, 0.6) is 0 Å². The summed E-state index contributed by atoms with van der Waals surface area (Å²) in [4.78, 5) is 20.4. The molecular formula is C29H33N3O. The van der Waals surface area contributed by atoms with E-state index < -0.39 is 0 Å². The van der Waals surface area contributed by atoms with Crippen molar-refractivity contribution >= 4 is 28.1 Å². The van der Waals surface area contributed by atoms with Crippen molar-refractivity contribution in [1.29, 1.82) is 0 Å². The minimum Gasteiger partial charge on any atom is -0.370 e. The predicted octanol–water partition coefficient (Wildman–Crippen LogP) is 5.35. The first-order valence-electron chi connectivity index (χ1n) is 12.7. The van der Waals surface area contributed by atoms with E-state index in [1.165, 1.54) is 47.7 Å². The van der Waals surface area contributed by atoms with Crippen molar-refractivity contribution < 1.29 is 4.79 Å². The maximum absolute atomic E-state index is 13.2.